The summed E-state index contributed by atoms with van der Waals surface area (Å²) in [5, 5.41) is 10.5. The Balaban J connectivity index is 0.00000182. The number of anilines is 2. The van der Waals surface area contributed by atoms with Gasteiger partial charge in [0, 0.05) is 67.3 Å². The molecule has 9 nitrogen and oxygen atoms in total. The number of carbonyl (C=O) groups excluding carboxylic acids is 1. The quantitative estimate of drug-likeness (QED) is 0.183. The number of piperidine rings is 1. The molecule has 2 fully saturated rings. The summed E-state index contributed by atoms with van der Waals surface area (Å²) in [6.07, 6.45) is 10.4. The van der Waals surface area contributed by atoms with E-state index in [0.29, 0.717) is 33.6 Å². The molecule has 0 spiro atoms. The van der Waals surface area contributed by atoms with Crippen molar-refractivity contribution in [3.63, 3.8) is 0 Å². The summed E-state index contributed by atoms with van der Waals surface area (Å²) in [7, 11) is 1.92. The van der Waals surface area contributed by atoms with Gasteiger partial charge in [-0.2, -0.15) is 5.26 Å². The van der Waals surface area contributed by atoms with Crippen molar-refractivity contribution < 1.29 is 9.18 Å². The van der Waals surface area contributed by atoms with Gasteiger partial charge in [-0.15, -0.1) is 0 Å². The number of benzene rings is 1. The molecule has 2 aliphatic rings. The minimum atomic E-state index is -0.337. The lowest BCUT2D eigenvalue weighted by molar-refractivity contribution is -0.133. The molecule has 0 unspecified atom stereocenters. The largest absolute Gasteiger partial charge is 0.342 e. The summed E-state index contributed by atoms with van der Waals surface area (Å²) >= 11 is 1.29. The van der Waals surface area contributed by atoms with Crippen LogP contribution in [0.2, 0.25) is 0 Å². The number of thiazole rings is 1. The van der Waals surface area contributed by atoms with Gasteiger partial charge in [-0.05, 0) is 68.5 Å². The molecule has 46 heavy (non-hydrogen) atoms. The maximum atomic E-state index is 13.5. The molecule has 236 valence electrons. The second-order valence-electron chi connectivity index (χ2n) is 11.4. The number of hydrogen-bond acceptors (Lipinski definition) is 8. The number of carbonyl (C=O) groups is 1. The van der Waals surface area contributed by atoms with E-state index in [2.05, 4.69) is 13.0 Å². The number of aromatic nitrogens is 5. The predicted octanol–water partition coefficient (Wildman–Crippen LogP) is 7.40. The minimum absolute atomic E-state index is 0.257. The molecule has 4 aromatic heterocycles. The molecule has 0 bridgehead atoms. The average molecular weight is 637 g/mol. The van der Waals surface area contributed by atoms with E-state index in [9.17, 15) is 14.4 Å². The van der Waals surface area contributed by atoms with Gasteiger partial charge < -0.3 is 9.80 Å². The van der Waals surface area contributed by atoms with Gasteiger partial charge in [-0.1, -0.05) is 32.1 Å². The topological polar surface area (TPSA) is 103 Å². The van der Waals surface area contributed by atoms with Crippen molar-refractivity contribution in [2.75, 3.05) is 25.0 Å². The lowest BCUT2D eigenvalue weighted by atomic mass is 9.95. The first-order valence-corrected chi connectivity index (χ1v) is 16.8. The smallest absolute Gasteiger partial charge is 0.225 e. The molecule has 5 heterocycles. The summed E-state index contributed by atoms with van der Waals surface area (Å²) in [6.45, 7) is 7.61. The van der Waals surface area contributed by atoms with Crippen LogP contribution in [0.15, 0.2) is 55.0 Å². The second-order valence-corrected chi connectivity index (χ2v) is 12.4. The van der Waals surface area contributed by atoms with Crippen LogP contribution in [-0.2, 0) is 11.2 Å². The third-order valence-electron chi connectivity index (χ3n) is 8.54. The number of amides is 1. The van der Waals surface area contributed by atoms with E-state index in [1.807, 2.05) is 65.8 Å². The SMILES string of the molecule is CC.CCc1nc2ccc(-c3cnc(C4CCN(C(=O)C5CC5)CC4)nc3)cn2c1N(C)c1nc(-c2ccc(F)cc2)c(C#N)s1. The predicted molar refractivity (Wildman–Crippen MR) is 179 cm³/mol. The number of fused-ring (bicyclic) bond motifs is 1. The molecule has 1 aliphatic heterocycles. The molecule has 1 aromatic carbocycles. The normalized spacial score (nSPS) is 14.9. The van der Waals surface area contributed by atoms with Crippen molar-refractivity contribution in [2.45, 2.75) is 58.8 Å². The fourth-order valence-electron chi connectivity index (χ4n) is 5.91. The van der Waals surface area contributed by atoms with Gasteiger partial charge in [-0.3, -0.25) is 9.20 Å². The highest BCUT2D eigenvalue weighted by atomic mass is 32.1. The number of likely N-dealkylation sites (tertiary alicyclic amines) is 1. The molecule has 7 rings (SSSR count). The van der Waals surface area contributed by atoms with Crippen LogP contribution in [0.4, 0.5) is 15.3 Å². The van der Waals surface area contributed by atoms with Crippen molar-refractivity contribution >= 4 is 33.8 Å². The molecule has 0 atom stereocenters. The molecule has 1 saturated carbocycles. The zero-order valence-corrected chi connectivity index (χ0v) is 27.4. The van der Waals surface area contributed by atoms with E-state index in [-0.39, 0.29) is 17.7 Å². The number of nitrogens with zero attached hydrogens (tertiary/aromatic N) is 8. The summed E-state index contributed by atoms with van der Waals surface area (Å²) in [6, 6.07) is 12.3. The van der Waals surface area contributed by atoms with E-state index in [1.165, 1.54) is 23.5 Å². The molecule has 0 N–H and O–H groups in total. The van der Waals surface area contributed by atoms with Crippen molar-refractivity contribution in [2.24, 2.45) is 5.92 Å². The highest BCUT2D eigenvalue weighted by Gasteiger charge is 2.35. The number of aryl methyl sites for hydroxylation is 1. The van der Waals surface area contributed by atoms with Crippen LogP contribution in [0.25, 0.3) is 28.0 Å². The molecular formula is C35H37FN8OS. The second kappa shape index (κ2) is 13.3. The van der Waals surface area contributed by atoms with Crippen LogP contribution in [0.5, 0.6) is 0 Å². The van der Waals surface area contributed by atoms with E-state index < -0.39 is 0 Å². The van der Waals surface area contributed by atoms with Crippen LogP contribution >= 0.6 is 11.3 Å². The molecule has 1 aliphatic carbocycles. The third-order valence-corrected chi connectivity index (χ3v) is 9.58. The standard InChI is InChI=1S/C33H31FN8OS.C2H6/c1-3-26-31(40(2)33-39-29(27(16-35)44-33)20-6-9-25(34)10-7-20)42-19-23(8-11-28(42)38-26)24-17-36-30(37-18-24)21-12-14-41(15-13-21)32(43)22-4-5-22;1-2/h6-11,17-19,21-22H,3-5,12-15H2,1-2H3;1-2H3. The Hall–Kier alpha value is -4.69. The van der Waals surface area contributed by atoms with Gasteiger partial charge in [-0.25, -0.2) is 24.3 Å². The molecular weight excluding hydrogens is 600 g/mol. The Kier molecular flexibility index (Phi) is 9.08. The summed E-state index contributed by atoms with van der Waals surface area (Å²) in [5.41, 5.74) is 4.78. The molecule has 1 saturated heterocycles. The van der Waals surface area contributed by atoms with Gasteiger partial charge in [0.25, 0.3) is 0 Å². The van der Waals surface area contributed by atoms with Crippen molar-refractivity contribution in [3.8, 4) is 28.5 Å². The van der Waals surface area contributed by atoms with Crippen LogP contribution < -0.4 is 4.90 Å². The first kappa shape index (κ1) is 31.3. The first-order valence-electron chi connectivity index (χ1n) is 16.0. The Bertz CT molecular complexity index is 1880. The molecule has 5 aromatic rings. The van der Waals surface area contributed by atoms with E-state index in [0.717, 1.165) is 72.9 Å². The lowest BCUT2D eigenvalue weighted by Gasteiger charge is -2.31. The number of pyridine rings is 1. The zero-order chi connectivity index (χ0) is 32.4. The van der Waals surface area contributed by atoms with Gasteiger partial charge in [0.2, 0.25) is 5.91 Å². The van der Waals surface area contributed by atoms with Gasteiger partial charge in [0.15, 0.2) is 5.13 Å². The minimum Gasteiger partial charge on any atom is -0.342 e. The Morgan fingerprint density at radius 2 is 1.67 bits per heavy atom. The number of hydrogen-bond donors (Lipinski definition) is 0. The maximum absolute atomic E-state index is 13.5. The highest BCUT2D eigenvalue weighted by Crippen LogP contribution is 2.38. The fraction of sp³-hybridized carbons (Fsp3) is 0.371. The number of halogens is 1. The molecule has 11 heteroatoms. The van der Waals surface area contributed by atoms with Crippen LogP contribution in [0, 0.1) is 23.1 Å². The molecule has 1 amide bonds. The summed E-state index contributed by atoms with van der Waals surface area (Å²) in [4.78, 5) is 36.0. The Labute approximate surface area is 272 Å². The van der Waals surface area contributed by atoms with Gasteiger partial charge in [0.1, 0.15) is 39.7 Å². The highest BCUT2D eigenvalue weighted by molar-refractivity contribution is 7.16. The van der Waals surface area contributed by atoms with E-state index >= 15 is 0 Å². The summed E-state index contributed by atoms with van der Waals surface area (Å²) < 4.78 is 15.6. The third kappa shape index (κ3) is 6.09. The Morgan fingerprint density at radius 3 is 2.30 bits per heavy atom. The first-order chi connectivity index (χ1) is 22.4. The number of nitriles is 1. The van der Waals surface area contributed by atoms with Crippen LogP contribution in [-0.4, -0.2) is 55.3 Å². The fourth-order valence-corrected chi connectivity index (χ4v) is 6.76. The number of rotatable bonds is 7. The maximum Gasteiger partial charge on any atom is 0.225 e. The van der Waals surface area contributed by atoms with Gasteiger partial charge >= 0.3 is 0 Å². The van der Waals surface area contributed by atoms with Crippen molar-refractivity contribution in [1.82, 2.24) is 29.2 Å². The number of imidazole rings is 1. The van der Waals surface area contributed by atoms with E-state index in [4.69, 9.17) is 19.9 Å². The molecule has 0 radical (unpaired) electrons. The Morgan fingerprint density at radius 1 is 1.00 bits per heavy atom. The monoisotopic (exact) mass is 636 g/mol. The average Bonchev–Trinajstić information content (AvgIpc) is 3.76. The lowest BCUT2D eigenvalue weighted by Crippen LogP contribution is -2.39. The zero-order valence-electron chi connectivity index (χ0n) is 26.6. The van der Waals surface area contributed by atoms with E-state index in [1.54, 1.807) is 12.1 Å². The van der Waals surface area contributed by atoms with Crippen molar-refractivity contribution in [1.29, 1.82) is 5.26 Å². The van der Waals surface area contributed by atoms with Crippen molar-refractivity contribution in [3.05, 3.63) is 77.2 Å². The van der Waals surface area contributed by atoms with Crippen LogP contribution in [0.3, 0.4) is 0 Å². The van der Waals surface area contributed by atoms with Crippen LogP contribution in [0.1, 0.15) is 68.8 Å². The summed E-state index contributed by atoms with van der Waals surface area (Å²) in [5.74, 6) is 2.19. The van der Waals surface area contributed by atoms with Gasteiger partial charge in [0.05, 0.1) is 5.69 Å².